The molecule has 3 nitrogen and oxygen atoms in total. The molecule has 0 bridgehead atoms. The summed E-state index contributed by atoms with van der Waals surface area (Å²) in [4.78, 5) is 11.8. The third kappa shape index (κ3) is 1.50. The lowest BCUT2D eigenvalue weighted by molar-refractivity contribution is 0.866. The molecule has 0 aliphatic heterocycles. The predicted molar refractivity (Wildman–Crippen MR) is 63.5 cm³/mol. The highest BCUT2D eigenvalue weighted by molar-refractivity contribution is 5.87. The fourth-order valence-electron chi connectivity index (χ4n) is 1.82. The zero-order chi connectivity index (χ0) is 11.0. The number of aromatic nitrogens is 1. The number of nitrogens with zero attached hydrogens (tertiary/aromatic N) is 1. The van der Waals surface area contributed by atoms with Crippen LogP contribution >= 0.6 is 0 Å². The van der Waals surface area contributed by atoms with E-state index in [2.05, 4.69) is 5.32 Å². The highest BCUT2D eigenvalue weighted by Gasteiger charge is 2.04. The number of hydrogen-bond donors (Lipinski definition) is 1. The molecule has 2 aromatic rings. The van der Waals surface area contributed by atoms with Crippen molar-refractivity contribution >= 4 is 16.5 Å². The lowest BCUT2D eigenvalue weighted by Gasteiger charge is -2.07. The van der Waals surface area contributed by atoms with E-state index in [0.29, 0.717) is 0 Å². The van der Waals surface area contributed by atoms with E-state index in [9.17, 15) is 4.79 Å². The van der Waals surface area contributed by atoms with Crippen LogP contribution in [0.25, 0.3) is 10.8 Å². The number of nitrogens with one attached hydrogen (secondary N) is 1. The third-order valence-corrected chi connectivity index (χ3v) is 2.67. The molecular formula is C12H14N2O. The van der Waals surface area contributed by atoms with Crippen molar-refractivity contribution in [1.82, 2.24) is 4.57 Å². The second kappa shape index (κ2) is 3.42. The average molecular weight is 202 g/mol. The van der Waals surface area contributed by atoms with Crippen LogP contribution in [0.15, 0.2) is 29.2 Å². The van der Waals surface area contributed by atoms with Gasteiger partial charge in [-0.15, -0.1) is 0 Å². The van der Waals surface area contributed by atoms with Crippen LogP contribution in [0.1, 0.15) is 5.56 Å². The average Bonchev–Trinajstić information content (AvgIpc) is 2.25. The molecule has 0 fully saturated rings. The van der Waals surface area contributed by atoms with Gasteiger partial charge in [-0.2, -0.15) is 0 Å². The smallest absolute Gasteiger partial charge is 0.258 e. The van der Waals surface area contributed by atoms with Gasteiger partial charge in [-0.25, -0.2) is 0 Å². The summed E-state index contributed by atoms with van der Waals surface area (Å²) in [5.41, 5.74) is 2.20. The number of hydrogen-bond acceptors (Lipinski definition) is 2. The van der Waals surface area contributed by atoms with Crippen LogP contribution in [0.3, 0.4) is 0 Å². The second-order valence-electron chi connectivity index (χ2n) is 3.74. The van der Waals surface area contributed by atoms with Gasteiger partial charge in [0.05, 0.1) is 0 Å². The Morgan fingerprint density at radius 1 is 1.27 bits per heavy atom. The van der Waals surface area contributed by atoms with Crippen molar-refractivity contribution in [3.05, 3.63) is 40.3 Å². The van der Waals surface area contributed by atoms with Crippen molar-refractivity contribution in [1.29, 1.82) is 0 Å². The van der Waals surface area contributed by atoms with E-state index >= 15 is 0 Å². The van der Waals surface area contributed by atoms with Gasteiger partial charge < -0.3 is 9.88 Å². The Balaban J connectivity index is 2.90. The van der Waals surface area contributed by atoms with Gasteiger partial charge in [-0.3, -0.25) is 4.79 Å². The first-order valence-corrected chi connectivity index (χ1v) is 4.91. The molecule has 0 atom stereocenters. The van der Waals surface area contributed by atoms with Crippen LogP contribution in [0.2, 0.25) is 0 Å². The molecule has 2 rings (SSSR count). The summed E-state index contributed by atoms with van der Waals surface area (Å²) in [6.07, 6.45) is 1.87. The fraction of sp³-hybridized carbons (Fsp3) is 0.250. The molecular weight excluding hydrogens is 188 g/mol. The predicted octanol–water partition coefficient (Wildman–Crippen LogP) is 1.89. The van der Waals surface area contributed by atoms with E-state index in [1.165, 1.54) is 0 Å². The van der Waals surface area contributed by atoms with Gasteiger partial charge in [0.1, 0.15) is 0 Å². The van der Waals surface area contributed by atoms with E-state index in [4.69, 9.17) is 0 Å². The van der Waals surface area contributed by atoms with Gasteiger partial charge in [-0.1, -0.05) is 0 Å². The molecule has 1 heterocycles. The Kier molecular flexibility index (Phi) is 2.23. The molecule has 0 saturated carbocycles. The zero-order valence-electron chi connectivity index (χ0n) is 9.16. The third-order valence-electron chi connectivity index (χ3n) is 2.67. The van der Waals surface area contributed by atoms with Crippen LogP contribution in [0.5, 0.6) is 0 Å². The van der Waals surface area contributed by atoms with E-state index in [-0.39, 0.29) is 5.56 Å². The maximum atomic E-state index is 11.8. The van der Waals surface area contributed by atoms with E-state index in [0.717, 1.165) is 22.0 Å². The Morgan fingerprint density at radius 2 is 2.00 bits per heavy atom. The summed E-state index contributed by atoms with van der Waals surface area (Å²) in [6.45, 7) is 2.02. The molecule has 0 radical (unpaired) electrons. The normalized spacial score (nSPS) is 10.6. The quantitative estimate of drug-likeness (QED) is 0.766. The molecule has 1 aromatic carbocycles. The molecule has 78 valence electrons. The van der Waals surface area contributed by atoms with Crippen molar-refractivity contribution in [3.8, 4) is 0 Å². The Labute approximate surface area is 88.3 Å². The monoisotopic (exact) mass is 202 g/mol. The van der Waals surface area contributed by atoms with Crippen molar-refractivity contribution in [2.75, 3.05) is 12.4 Å². The summed E-state index contributed by atoms with van der Waals surface area (Å²) in [7, 11) is 3.65. The molecule has 1 N–H and O–H groups in total. The first-order valence-electron chi connectivity index (χ1n) is 4.91. The molecule has 0 aliphatic rings. The fourth-order valence-corrected chi connectivity index (χ4v) is 1.82. The van der Waals surface area contributed by atoms with Gasteiger partial charge in [0.15, 0.2) is 0 Å². The Bertz CT molecular complexity index is 570. The van der Waals surface area contributed by atoms with Gasteiger partial charge in [0.25, 0.3) is 5.56 Å². The van der Waals surface area contributed by atoms with Crippen LogP contribution in [-0.2, 0) is 7.05 Å². The minimum absolute atomic E-state index is 0.0539. The van der Waals surface area contributed by atoms with E-state index < -0.39 is 0 Å². The van der Waals surface area contributed by atoms with Crippen molar-refractivity contribution in [3.63, 3.8) is 0 Å². The van der Waals surface area contributed by atoms with Crippen molar-refractivity contribution < 1.29 is 0 Å². The highest BCUT2D eigenvalue weighted by atomic mass is 16.1. The number of aryl methyl sites for hydroxylation is 2. The summed E-state index contributed by atoms with van der Waals surface area (Å²) in [5, 5.41) is 4.86. The summed E-state index contributed by atoms with van der Waals surface area (Å²) in [6, 6.07) is 5.80. The standard InChI is InChI=1S/C12H14N2O/c1-8-7-14(3)12(15)10-5-4-9(13-2)6-11(8)10/h4-7,13H,1-3H3. The maximum Gasteiger partial charge on any atom is 0.258 e. The maximum absolute atomic E-state index is 11.8. The number of rotatable bonds is 1. The number of pyridine rings is 1. The molecule has 0 spiro atoms. The Hall–Kier alpha value is -1.77. The van der Waals surface area contributed by atoms with Crippen LogP contribution < -0.4 is 10.9 Å². The van der Waals surface area contributed by atoms with Gasteiger partial charge in [0, 0.05) is 31.4 Å². The minimum atomic E-state index is 0.0539. The number of benzene rings is 1. The summed E-state index contributed by atoms with van der Waals surface area (Å²) >= 11 is 0. The molecule has 0 amide bonds. The highest BCUT2D eigenvalue weighted by Crippen LogP contribution is 2.19. The SMILES string of the molecule is CNc1ccc2c(=O)n(C)cc(C)c2c1. The Morgan fingerprint density at radius 3 is 2.67 bits per heavy atom. The largest absolute Gasteiger partial charge is 0.388 e. The number of anilines is 1. The molecule has 15 heavy (non-hydrogen) atoms. The van der Waals surface area contributed by atoms with E-state index in [1.807, 2.05) is 38.4 Å². The topological polar surface area (TPSA) is 34.0 Å². The summed E-state index contributed by atoms with van der Waals surface area (Å²) in [5.74, 6) is 0. The van der Waals surface area contributed by atoms with Crippen molar-refractivity contribution in [2.45, 2.75) is 6.92 Å². The minimum Gasteiger partial charge on any atom is -0.388 e. The van der Waals surface area contributed by atoms with Crippen LogP contribution in [0, 0.1) is 6.92 Å². The molecule has 0 aliphatic carbocycles. The number of fused-ring (bicyclic) bond motifs is 1. The molecule has 0 saturated heterocycles. The summed E-state index contributed by atoms with van der Waals surface area (Å²) < 4.78 is 1.62. The van der Waals surface area contributed by atoms with Crippen LogP contribution in [-0.4, -0.2) is 11.6 Å². The first-order chi connectivity index (χ1) is 7.13. The molecule has 0 unspecified atom stereocenters. The molecule has 3 heteroatoms. The zero-order valence-corrected chi connectivity index (χ0v) is 9.16. The van der Waals surface area contributed by atoms with Crippen molar-refractivity contribution in [2.24, 2.45) is 7.05 Å². The first kappa shape index (κ1) is 9.77. The molecule has 1 aromatic heterocycles. The second-order valence-corrected chi connectivity index (χ2v) is 3.74. The van der Waals surface area contributed by atoms with Gasteiger partial charge in [0.2, 0.25) is 0 Å². The van der Waals surface area contributed by atoms with Crippen LogP contribution in [0.4, 0.5) is 5.69 Å². The van der Waals surface area contributed by atoms with E-state index in [1.54, 1.807) is 11.6 Å². The van der Waals surface area contributed by atoms with Gasteiger partial charge >= 0.3 is 0 Å². The lowest BCUT2D eigenvalue weighted by Crippen LogP contribution is -2.16. The van der Waals surface area contributed by atoms with Gasteiger partial charge in [-0.05, 0) is 36.1 Å². The lowest BCUT2D eigenvalue weighted by atomic mass is 10.1.